The summed E-state index contributed by atoms with van der Waals surface area (Å²) in [6, 6.07) is 3.46. The molecule has 0 saturated heterocycles. The Morgan fingerprint density at radius 1 is 1.44 bits per heavy atom. The van der Waals surface area contributed by atoms with Crippen LogP contribution in [0.5, 0.6) is 11.5 Å². The van der Waals surface area contributed by atoms with Crippen LogP contribution in [0, 0.1) is 0 Å². The average molecular weight is 240 g/mol. The van der Waals surface area contributed by atoms with E-state index in [0.29, 0.717) is 24.7 Å². The molecule has 0 aromatic heterocycles. The molecule has 0 aliphatic carbocycles. The fourth-order valence-electron chi connectivity index (χ4n) is 1.54. The van der Waals surface area contributed by atoms with Crippen molar-refractivity contribution in [2.24, 2.45) is 0 Å². The lowest BCUT2D eigenvalue weighted by atomic mass is 10.2. The summed E-state index contributed by atoms with van der Waals surface area (Å²) in [7, 11) is 0. The third kappa shape index (κ3) is 2.09. The van der Waals surface area contributed by atoms with Crippen LogP contribution in [0.2, 0.25) is 0 Å². The van der Waals surface area contributed by atoms with E-state index in [-0.39, 0.29) is 5.56 Å². The lowest BCUT2D eigenvalue weighted by molar-refractivity contribution is 0.0685. The molecule has 86 valence electrons. The number of ether oxygens (including phenoxy) is 2. The van der Waals surface area contributed by atoms with Gasteiger partial charge >= 0.3 is 5.97 Å². The molecule has 0 atom stereocenters. The van der Waals surface area contributed by atoms with Crippen LogP contribution in [0.4, 0.5) is 0 Å². The molecule has 0 amide bonds. The first-order valence-corrected chi connectivity index (χ1v) is 6.00. The molecule has 0 bridgehead atoms. The van der Waals surface area contributed by atoms with Crippen LogP contribution in [-0.4, -0.2) is 30.0 Å². The van der Waals surface area contributed by atoms with Gasteiger partial charge in [0.2, 0.25) is 0 Å². The summed E-state index contributed by atoms with van der Waals surface area (Å²) >= 11 is 1.58. The van der Waals surface area contributed by atoms with Crippen molar-refractivity contribution in [1.29, 1.82) is 0 Å². The van der Waals surface area contributed by atoms with Gasteiger partial charge in [0.1, 0.15) is 18.8 Å². The standard InChI is InChI=1S/C11H12O4S/c1-2-16-7-5-8(11(12)13)10-9(6-7)14-3-4-15-10/h5-6H,2-4H2,1H3,(H,12,13). The molecule has 0 spiro atoms. The zero-order valence-corrected chi connectivity index (χ0v) is 9.67. The minimum atomic E-state index is -0.986. The SMILES string of the molecule is CCSc1cc2c(c(C(=O)O)c1)OCCO2. The Labute approximate surface area is 97.6 Å². The molecule has 1 aromatic rings. The van der Waals surface area contributed by atoms with E-state index >= 15 is 0 Å². The van der Waals surface area contributed by atoms with E-state index in [1.807, 2.05) is 13.0 Å². The van der Waals surface area contributed by atoms with E-state index in [2.05, 4.69) is 0 Å². The molecule has 4 nitrogen and oxygen atoms in total. The minimum Gasteiger partial charge on any atom is -0.486 e. The first kappa shape index (κ1) is 11.1. The molecule has 2 rings (SSSR count). The van der Waals surface area contributed by atoms with Crippen LogP contribution in [0.3, 0.4) is 0 Å². The summed E-state index contributed by atoms with van der Waals surface area (Å²) in [5.41, 5.74) is 0.174. The van der Waals surface area contributed by atoms with Gasteiger partial charge in [-0.05, 0) is 17.9 Å². The van der Waals surface area contributed by atoms with Gasteiger partial charge in [0.25, 0.3) is 0 Å². The average Bonchev–Trinajstić information content (AvgIpc) is 2.28. The van der Waals surface area contributed by atoms with Crippen LogP contribution in [-0.2, 0) is 0 Å². The molecule has 1 N–H and O–H groups in total. The number of benzene rings is 1. The smallest absolute Gasteiger partial charge is 0.339 e. The first-order valence-electron chi connectivity index (χ1n) is 5.02. The molecule has 5 heteroatoms. The summed E-state index contributed by atoms with van der Waals surface area (Å²) in [5.74, 6) is 0.778. The van der Waals surface area contributed by atoms with Gasteiger partial charge in [-0.15, -0.1) is 11.8 Å². The fraction of sp³-hybridized carbons (Fsp3) is 0.364. The second-order valence-corrected chi connectivity index (χ2v) is 4.57. The van der Waals surface area contributed by atoms with Gasteiger partial charge in [0.05, 0.1) is 0 Å². The molecule has 1 aromatic carbocycles. The third-order valence-corrected chi connectivity index (χ3v) is 3.01. The fourth-order valence-corrected chi connectivity index (χ4v) is 2.26. The van der Waals surface area contributed by atoms with Gasteiger partial charge in [-0.2, -0.15) is 0 Å². The van der Waals surface area contributed by atoms with Crippen LogP contribution < -0.4 is 9.47 Å². The van der Waals surface area contributed by atoms with Gasteiger partial charge in [0.15, 0.2) is 11.5 Å². The molecular formula is C11H12O4S. The Morgan fingerprint density at radius 2 is 2.19 bits per heavy atom. The Kier molecular flexibility index (Phi) is 3.24. The van der Waals surface area contributed by atoms with Crippen LogP contribution >= 0.6 is 11.8 Å². The largest absolute Gasteiger partial charge is 0.486 e. The summed E-state index contributed by atoms with van der Waals surface area (Å²) in [4.78, 5) is 12.0. The maximum atomic E-state index is 11.1. The zero-order chi connectivity index (χ0) is 11.5. The number of carbonyl (C=O) groups is 1. The van der Waals surface area contributed by atoms with E-state index in [1.54, 1.807) is 17.8 Å². The van der Waals surface area contributed by atoms with Crippen molar-refractivity contribution in [3.63, 3.8) is 0 Å². The third-order valence-electron chi connectivity index (χ3n) is 2.16. The van der Waals surface area contributed by atoms with Crippen molar-refractivity contribution >= 4 is 17.7 Å². The highest BCUT2D eigenvalue weighted by molar-refractivity contribution is 7.99. The molecule has 1 aliphatic heterocycles. The minimum absolute atomic E-state index is 0.174. The molecule has 16 heavy (non-hydrogen) atoms. The van der Waals surface area contributed by atoms with Crippen LogP contribution in [0.25, 0.3) is 0 Å². The highest BCUT2D eigenvalue weighted by Crippen LogP contribution is 2.38. The maximum absolute atomic E-state index is 11.1. The monoisotopic (exact) mass is 240 g/mol. The van der Waals surface area contributed by atoms with E-state index < -0.39 is 5.97 Å². The predicted octanol–water partition coefficient (Wildman–Crippen LogP) is 2.27. The van der Waals surface area contributed by atoms with Crippen molar-refractivity contribution in [2.45, 2.75) is 11.8 Å². The molecule has 0 fully saturated rings. The topological polar surface area (TPSA) is 55.8 Å². The molecule has 0 radical (unpaired) electrons. The molecule has 1 heterocycles. The number of aromatic carboxylic acids is 1. The van der Waals surface area contributed by atoms with Crippen molar-refractivity contribution in [1.82, 2.24) is 0 Å². The summed E-state index contributed by atoms with van der Waals surface area (Å²) in [5, 5.41) is 9.09. The molecule has 0 saturated carbocycles. The van der Waals surface area contributed by atoms with Gasteiger partial charge in [0, 0.05) is 4.90 Å². The number of rotatable bonds is 3. The number of carboxylic acid groups (broad SMARTS) is 1. The Morgan fingerprint density at radius 3 is 2.88 bits per heavy atom. The predicted molar refractivity (Wildman–Crippen MR) is 60.8 cm³/mol. The van der Waals surface area contributed by atoms with E-state index in [4.69, 9.17) is 14.6 Å². The number of thioether (sulfide) groups is 1. The first-order chi connectivity index (χ1) is 7.72. The van der Waals surface area contributed by atoms with Gasteiger partial charge in [-0.25, -0.2) is 4.79 Å². The Bertz CT molecular complexity index is 417. The summed E-state index contributed by atoms with van der Waals surface area (Å²) < 4.78 is 10.7. The maximum Gasteiger partial charge on any atom is 0.339 e. The van der Waals surface area contributed by atoms with Crippen molar-refractivity contribution in [3.05, 3.63) is 17.7 Å². The second-order valence-electron chi connectivity index (χ2n) is 3.23. The van der Waals surface area contributed by atoms with E-state index in [0.717, 1.165) is 10.6 Å². The Balaban J connectivity index is 2.47. The quantitative estimate of drug-likeness (QED) is 0.821. The number of carboxylic acids is 1. The lowest BCUT2D eigenvalue weighted by Gasteiger charge is -2.20. The van der Waals surface area contributed by atoms with Crippen molar-refractivity contribution in [2.75, 3.05) is 19.0 Å². The summed E-state index contributed by atoms with van der Waals surface area (Å²) in [6.07, 6.45) is 0. The van der Waals surface area contributed by atoms with Gasteiger partial charge in [-0.3, -0.25) is 0 Å². The molecule has 0 unspecified atom stereocenters. The number of hydrogen-bond donors (Lipinski definition) is 1. The summed E-state index contributed by atoms with van der Waals surface area (Å²) in [6.45, 7) is 2.88. The van der Waals surface area contributed by atoms with E-state index in [1.165, 1.54) is 0 Å². The molecular weight excluding hydrogens is 228 g/mol. The van der Waals surface area contributed by atoms with E-state index in [9.17, 15) is 4.79 Å². The lowest BCUT2D eigenvalue weighted by Crippen LogP contribution is -2.18. The van der Waals surface area contributed by atoms with Crippen LogP contribution in [0.1, 0.15) is 17.3 Å². The van der Waals surface area contributed by atoms with Gasteiger partial charge < -0.3 is 14.6 Å². The van der Waals surface area contributed by atoms with Gasteiger partial charge in [-0.1, -0.05) is 6.92 Å². The van der Waals surface area contributed by atoms with Crippen LogP contribution in [0.15, 0.2) is 17.0 Å². The van der Waals surface area contributed by atoms with Crippen molar-refractivity contribution < 1.29 is 19.4 Å². The number of fused-ring (bicyclic) bond motifs is 1. The second kappa shape index (κ2) is 4.65. The highest BCUT2D eigenvalue weighted by Gasteiger charge is 2.21. The Hall–Kier alpha value is -1.36. The zero-order valence-electron chi connectivity index (χ0n) is 8.86. The molecule has 1 aliphatic rings. The normalized spacial score (nSPS) is 13.6. The van der Waals surface area contributed by atoms with Crippen molar-refractivity contribution in [3.8, 4) is 11.5 Å². The highest BCUT2D eigenvalue weighted by atomic mass is 32.2. The number of hydrogen-bond acceptors (Lipinski definition) is 4.